The molecule has 1 fully saturated rings. The molecule has 1 aliphatic rings. The van der Waals surface area contributed by atoms with Gasteiger partial charge in [-0.3, -0.25) is 0 Å². The third-order valence-electron chi connectivity index (χ3n) is 3.28. The highest BCUT2D eigenvalue weighted by molar-refractivity contribution is 7.99. The summed E-state index contributed by atoms with van der Waals surface area (Å²) in [6.45, 7) is 7.06. The highest BCUT2D eigenvalue weighted by atomic mass is 32.2. The second-order valence-electron chi connectivity index (χ2n) is 4.50. The maximum atomic E-state index is 5.94. The lowest BCUT2D eigenvalue weighted by Gasteiger charge is -2.36. The monoisotopic (exact) mass is 216 g/mol. The second-order valence-corrected chi connectivity index (χ2v) is 5.78. The van der Waals surface area contributed by atoms with Gasteiger partial charge in [0.15, 0.2) is 0 Å². The fourth-order valence-electron chi connectivity index (χ4n) is 2.05. The van der Waals surface area contributed by atoms with Crippen molar-refractivity contribution in [2.45, 2.75) is 50.4 Å². The van der Waals surface area contributed by atoms with Crippen molar-refractivity contribution in [1.82, 2.24) is 4.90 Å². The van der Waals surface area contributed by atoms with E-state index in [4.69, 9.17) is 5.73 Å². The van der Waals surface area contributed by atoms with E-state index in [1.165, 1.54) is 32.4 Å². The van der Waals surface area contributed by atoms with Crippen molar-refractivity contribution in [3.8, 4) is 0 Å². The molecule has 0 spiro atoms. The van der Waals surface area contributed by atoms with Gasteiger partial charge in [0.1, 0.15) is 0 Å². The fourth-order valence-corrected chi connectivity index (χ4v) is 2.40. The number of hydrogen-bond donors (Lipinski definition) is 1. The Morgan fingerprint density at radius 3 is 2.86 bits per heavy atom. The van der Waals surface area contributed by atoms with E-state index in [2.05, 4.69) is 25.0 Å². The molecule has 0 aromatic rings. The molecule has 0 aliphatic carbocycles. The summed E-state index contributed by atoms with van der Waals surface area (Å²) >= 11 is 1.96. The van der Waals surface area contributed by atoms with Crippen molar-refractivity contribution < 1.29 is 0 Å². The topological polar surface area (TPSA) is 29.3 Å². The van der Waals surface area contributed by atoms with Crippen LogP contribution in [0.2, 0.25) is 0 Å². The smallest absolute Gasteiger partial charge is 0.00816 e. The molecule has 84 valence electrons. The van der Waals surface area contributed by atoms with Crippen LogP contribution in [0, 0.1) is 0 Å². The number of nitrogens with zero attached hydrogens (tertiary/aromatic N) is 1. The van der Waals surface area contributed by atoms with Gasteiger partial charge in [-0.1, -0.05) is 6.92 Å². The molecule has 0 amide bonds. The van der Waals surface area contributed by atoms with E-state index in [1.807, 2.05) is 11.8 Å². The lowest BCUT2D eigenvalue weighted by atomic mass is 9.99. The molecule has 3 atom stereocenters. The number of piperidine rings is 1. The highest BCUT2D eigenvalue weighted by Gasteiger charge is 2.22. The molecular weight excluding hydrogens is 192 g/mol. The van der Waals surface area contributed by atoms with Crippen LogP contribution < -0.4 is 5.73 Å². The van der Waals surface area contributed by atoms with Crippen molar-refractivity contribution in [2.24, 2.45) is 5.73 Å². The number of likely N-dealkylation sites (tertiary alicyclic amines) is 1. The van der Waals surface area contributed by atoms with Crippen LogP contribution in [0.25, 0.3) is 0 Å². The molecule has 0 bridgehead atoms. The van der Waals surface area contributed by atoms with E-state index in [9.17, 15) is 0 Å². The summed E-state index contributed by atoms with van der Waals surface area (Å²) in [7, 11) is 0. The molecule has 1 aliphatic heterocycles. The first-order valence-corrected chi connectivity index (χ1v) is 6.94. The van der Waals surface area contributed by atoms with E-state index >= 15 is 0 Å². The Labute approximate surface area is 92.6 Å². The number of nitrogens with two attached hydrogens (primary N) is 1. The van der Waals surface area contributed by atoms with Gasteiger partial charge in [0.25, 0.3) is 0 Å². The van der Waals surface area contributed by atoms with Crippen molar-refractivity contribution >= 4 is 11.8 Å². The predicted molar refractivity (Wildman–Crippen MR) is 65.8 cm³/mol. The largest absolute Gasteiger partial charge is 0.328 e. The van der Waals surface area contributed by atoms with Gasteiger partial charge in [-0.05, 0) is 45.5 Å². The Balaban J connectivity index is 2.24. The quantitative estimate of drug-likeness (QED) is 0.779. The summed E-state index contributed by atoms with van der Waals surface area (Å²) in [4.78, 5) is 2.59. The first kappa shape index (κ1) is 12.3. The molecule has 1 rings (SSSR count). The first-order valence-electron chi connectivity index (χ1n) is 5.66. The minimum Gasteiger partial charge on any atom is -0.328 e. The zero-order chi connectivity index (χ0) is 10.6. The Bertz CT molecular complexity index is 163. The molecule has 2 N–H and O–H groups in total. The number of thioether (sulfide) groups is 1. The molecule has 0 saturated carbocycles. The van der Waals surface area contributed by atoms with Crippen LogP contribution in [0.15, 0.2) is 0 Å². The van der Waals surface area contributed by atoms with Crippen LogP contribution in [-0.4, -0.2) is 41.6 Å². The van der Waals surface area contributed by atoms with Gasteiger partial charge in [0.05, 0.1) is 0 Å². The lowest BCUT2D eigenvalue weighted by Crippen LogP contribution is -2.46. The maximum absolute atomic E-state index is 5.94. The summed E-state index contributed by atoms with van der Waals surface area (Å²) in [6.07, 6.45) is 5.85. The van der Waals surface area contributed by atoms with E-state index in [-0.39, 0.29) is 0 Å². The molecule has 3 heteroatoms. The zero-order valence-corrected chi connectivity index (χ0v) is 10.5. The Kier molecular flexibility index (Phi) is 5.28. The molecule has 1 saturated heterocycles. The summed E-state index contributed by atoms with van der Waals surface area (Å²) in [5, 5.41) is 0.790. The van der Waals surface area contributed by atoms with Crippen molar-refractivity contribution in [3.63, 3.8) is 0 Å². The van der Waals surface area contributed by atoms with Crippen molar-refractivity contribution in [2.75, 3.05) is 19.3 Å². The average Bonchev–Trinajstić information content (AvgIpc) is 2.16. The zero-order valence-electron chi connectivity index (χ0n) is 9.70. The Morgan fingerprint density at radius 1 is 1.57 bits per heavy atom. The standard InChI is InChI=1S/C11H24N2S/c1-9-8-11(12)5-7-13(9)6-4-10(2)14-3/h9-11H,4-8,12H2,1-3H3. The molecule has 3 unspecified atom stereocenters. The van der Waals surface area contributed by atoms with Gasteiger partial charge in [-0.15, -0.1) is 0 Å². The third-order valence-corrected chi connectivity index (χ3v) is 4.32. The minimum atomic E-state index is 0.444. The first-order chi connectivity index (χ1) is 6.63. The normalized spacial score (nSPS) is 31.7. The molecule has 1 heterocycles. The molecule has 0 aromatic carbocycles. The lowest BCUT2D eigenvalue weighted by molar-refractivity contribution is 0.146. The third kappa shape index (κ3) is 3.79. The van der Waals surface area contributed by atoms with Gasteiger partial charge in [0.2, 0.25) is 0 Å². The Hall–Kier alpha value is 0.270. The van der Waals surface area contributed by atoms with Gasteiger partial charge in [-0.2, -0.15) is 11.8 Å². The summed E-state index contributed by atoms with van der Waals surface area (Å²) in [6, 6.07) is 1.13. The van der Waals surface area contributed by atoms with Crippen LogP contribution in [0.3, 0.4) is 0 Å². The summed E-state index contributed by atoms with van der Waals surface area (Å²) in [5.41, 5.74) is 5.94. The van der Waals surface area contributed by atoms with Crippen molar-refractivity contribution in [1.29, 1.82) is 0 Å². The summed E-state index contributed by atoms with van der Waals surface area (Å²) < 4.78 is 0. The summed E-state index contributed by atoms with van der Waals surface area (Å²) in [5.74, 6) is 0. The second kappa shape index (κ2) is 5.99. The van der Waals surface area contributed by atoms with Gasteiger partial charge in [0, 0.05) is 17.3 Å². The van der Waals surface area contributed by atoms with E-state index < -0.39 is 0 Å². The molecule has 0 aromatic heterocycles. The average molecular weight is 216 g/mol. The van der Waals surface area contributed by atoms with Crippen LogP contribution >= 0.6 is 11.8 Å². The molecule has 2 nitrogen and oxygen atoms in total. The van der Waals surface area contributed by atoms with E-state index in [0.29, 0.717) is 12.1 Å². The number of hydrogen-bond acceptors (Lipinski definition) is 3. The van der Waals surface area contributed by atoms with E-state index in [1.54, 1.807) is 0 Å². The van der Waals surface area contributed by atoms with Crippen LogP contribution in [0.1, 0.15) is 33.1 Å². The van der Waals surface area contributed by atoms with Gasteiger partial charge < -0.3 is 10.6 Å². The van der Waals surface area contributed by atoms with Crippen LogP contribution in [0.5, 0.6) is 0 Å². The van der Waals surface area contributed by atoms with E-state index in [0.717, 1.165) is 5.25 Å². The van der Waals surface area contributed by atoms with Gasteiger partial charge >= 0.3 is 0 Å². The molecule has 14 heavy (non-hydrogen) atoms. The Morgan fingerprint density at radius 2 is 2.29 bits per heavy atom. The molecular formula is C11H24N2S. The predicted octanol–water partition coefficient (Wildman–Crippen LogP) is 1.94. The maximum Gasteiger partial charge on any atom is 0.00816 e. The highest BCUT2D eigenvalue weighted by Crippen LogP contribution is 2.18. The van der Waals surface area contributed by atoms with Crippen molar-refractivity contribution in [3.05, 3.63) is 0 Å². The number of rotatable bonds is 4. The fraction of sp³-hybridized carbons (Fsp3) is 1.00. The van der Waals surface area contributed by atoms with Crippen LogP contribution in [-0.2, 0) is 0 Å². The molecule has 0 radical (unpaired) electrons. The minimum absolute atomic E-state index is 0.444. The van der Waals surface area contributed by atoms with Crippen LogP contribution in [0.4, 0.5) is 0 Å². The SMILES string of the molecule is CSC(C)CCN1CCC(N)CC1C. The van der Waals surface area contributed by atoms with Gasteiger partial charge in [-0.25, -0.2) is 0 Å².